The van der Waals surface area contributed by atoms with E-state index in [9.17, 15) is 4.79 Å². The highest BCUT2D eigenvalue weighted by molar-refractivity contribution is 6.11. The molecule has 0 aliphatic carbocycles. The molecule has 29 heavy (non-hydrogen) atoms. The molecule has 148 valence electrons. The molecule has 1 amide bonds. The van der Waals surface area contributed by atoms with Gasteiger partial charge in [-0.15, -0.1) is 0 Å². The van der Waals surface area contributed by atoms with Crippen LogP contribution in [0, 0.1) is 13.8 Å². The number of methoxy groups -OCH3 is 2. The molecule has 0 saturated carbocycles. The summed E-state index contributed by atoms with van der Waals surface area (Å²) in [5.74, 6) is 1.09. The number of anilines is 2. The van der Waals surface area contributed by atoms with Crippen LogP contribution in [-0.4, -0.2) is 25.1 Å². The second-order valence-corrected chi connectivity index (χ2v) is 7.07. The Hall–Kier alpha value is -3.54. The number of carbonyl (C=O) groups excluding carboxylic acids is 1. The Morgan fingerprint density at radius 2 is 1.76 bits per heavy atom. The Kier molecular flexibility index (Phi) is 4.84. The molecule has 6 heteroatoms. The van der Waals surface area contributed by atoms with Crippen LogP contribution >= 0.6 is 0 Å². The molecule has 0 radical (unpaired) electrons. The first kappa shape index (κ1) is 18.8. The van der Waals surface area contributed by atoms with Gasteiger partial charge in [-0.2, -0.15) is 0 Å². The Morgan fingerprint density at radius 3 is 2.45 bits per heavy atom. The first-order valence-corrected chi connectivity index (χ1v) is 9.37. The van der Waals surface area contributed by atoms with Crippen LogP contribution in [0.4, 0.5) is 11.4 Å². The van der Waals surface area contributed by atoms with Gasteiger partial charge in [0.15, 0.2) is 6.17 Å². The van der Waals surface area contributed by atoms with E-state index in [1.807, 2.05) is 13.8 Å². The summed E-state index contributed by atoms with van der Waals surface area (Å²) >= 11 is 0. The van der Waals surface area contributed by atoms with Gasteiger partial charge in [-0.1, -0.05) is 6.07 Å². The van der Waals surface area contributed by atoms with Gasteiger partial charge in [-0.25, -0.2) is 0 Å². The number of carbonyl (C=O) groups is 1. The number of ether oxygens (including phenoxy) is 2. The van der Waals surface area contributed by atoms with E-state index in [0.29, 0.717) is 28.4 Å². The molecular formula is C23H23N3O3. The van der Waals surface area contributed by atoms with Crippen molar-refractivity contribution in [1.82, 2.24) is 4.98 Å². The molecule has 4 rings (SSSR count). The fraction of sp³-hybridized carbons (Fsp3) is 0.217. The Labute approximate surface area is 170 Å². The monoisotopic (exact) mass is 389 g/mol. The van der Waals surface area contributed by atoms with Gasteiger partial charge >= 0.3 is 0 Å². The number of nitrogens with one attached hydrogen (secondary N) is 1. The highest BCUT2D eigenvalue weighted by Crippen LogP contribution is 2.42. The zero-order valence-corrected chi connectivity index (χ0v) is 16.9. The largest absolute Gasteiger partial charge is 0.497 e. The molecule has 2 heterocycles. The third-order valence-electron chi connectivity index (χ3n) is 4.98. The van der Waals surface area contributed by atoms with Crippen LogP contribution in [0.2, 0.25) is 0 Å². The molecule has 1 aliphatic rings. The average molecular weight is 389 g/mol. The van der Waals surface area contributed by atoms with Gasteiger partial charge in [-0.05, 0) is 61.4 Å². The van der Waals surface area contributed by atoms with Gasteiger partial charge in [-0.3, -0.25) is 14.7 Å². The second kappa shape index (κ2) is 7.47. The van der Waals surface area contributed by atoms with E-state index in [-0.39, 0.29) is 5.91 Å². The molecule has 0 bridgehead atoms. The quantitative estimate of drug-likeness (QED) is 0.697. The number of pyridine rings is 1. The average Bonchev–Trinajstić information content (AvgIpc) is 2.98. The van der Waals surface area contributed by atoms with E-state index in [1.54, 1.807) is 55.6 Å². The van der Waals surface area contributed by atoms with Gasteiger partial charge in [0.25, 0.3) is 5.91 Å². The van der Waals surface area contributed by atoms with Crippen LogP contribution in [0.25, 0.3) is 0 Å². The zero-order chi connectivity index (χ0) is 20.5. The summed E-state index contributed by atoms with van der Waals surface area (Å²) in [6, 6.07) is 15.2. The summed E-state index contributed by atoms with van der Waals surface area (Å²) in [6.45, 7) is 4.10. The maximum Gasteiger partial charge on any atom is 0.262 e. The van der Waals surface area contributed by atoms with E-state index in [4.69, 9.17) is 9.47 Å². The third-order valence-corrected chi connectivity index (χ3v) is 4.98. The molecule has 3 aromatic rings. The predicted octanol–water partition coefficient (Wildman–Crippen LogP) is 4.49. The lowest BCUT2D eigenvalue weighted by Crippen LogP contribution is -2.32. The number of hydrogen-bond donors (Lipinski definition) is 1. The van der Waals surface area contributed by atoms with Crippen molar-refractivity contribution in [2.45, 2.75) is 20.0 Å². The Balaban J connectivity index is 1.85. The van der Waals surface area contributed by atoms with Crippen molar-refractivity contribution in [3.8, 4) is 11.5 Å². The normalized spacial score (nSPS) is 15.2. The molecule has 6 nitrogen and oxygen atoms in total. The molecule has 2 aromatic carbocycles. The van der Waals surface area contributed by atoms with Crippen molar-refractivity contribution >= 4 is 17.3 Å². The topological polar surface area (TPSA) is 63.7 Å². The van der Waals surface area contributed by atoms with Crippen molar-refractivity contribution in [3.05, 3.63) is 77.1 Å². The first-order chi connectivity index (χ1) is 14.0. The van der Waals surface area contributed by atoms with E-state index in [0.717, 1.165) is 16.8 Å². The van der Waals surface area contributed by atoms with E-state index >= 15 is 0 Å². The van der Waals surface area contributed by atoms with Crippen molar-refractivity contribution in [3.63, 3.8) is 0 Å². The summed E-state index contributed by atoms with van der Waals surface area (Å²) in [5, 5.41) is 3.49. The highest BCUT2D eigenvalue weighted by Gasteiger charge is 2.40. The van der Waals surface area contributed by atoms with Crippen LogP contribution in [-0.2, 0) is 0 Å². The molecule has 1 aliphatic heterocycles. The standard InChI is InChI=1S/C23H23N3O3/c1-14-10-15(2)12-16(11-14)25-22-21-18(6-5-9-24-21)23(27)26(22)19-13-17(28-3)7-8-20(19)29-4/h5-13,22,25H,1-4H3/t22-/m0/s1. The molecule has 0 saturated heterocycles. The number of aromatic nitrogens is 1. The summed E-state index contributed by atoms with van der Waals surface area (Å²) in [6.07, 6.45) is 1.23. The van der Waals surface area contributed by atoms with E-state index in [1.165, 1.54) is 0 Å². The highest BCUT2D eigenvalue weighted by atomic mass is 16.5. The minimum absolute atomic E-state index is 0.137. The number of hydrogen-bond acceptors (Lipinski definition) is 5. The van der Waals surface area contributed by atoms with Crippen molar-refractivity contribution in [2.75, 3.05) is 24.4 Å². The molecule has 1 atom stereocenters. The number of amides is 1. The maximum atomic E-state index is 13.3. The fourth-order valence-corrected chi connectivity index (χ4v) is 3.77. The maximum absolute atomic E-state index is 13.3. The van der Waals surface area contributed by atoms with E-state index in [2.05, 4.69) is 28.5 Å². The number of rotatable bonds is 5. The van der Waals surface area contributed by atoms with Gasteiger partial charge in [0.1, 0.15) is 11.5 Å². The SMILES string of the molecule is COc1ccc(OC)c(N2C(=O)c3cccnc3[C@H]2Nc2cc(C)cc(C)c2)c1. The lowest BCUT2D eigenvalue weighted by Gasteiger charge is -2.28. The molecular weight excluding hydrogens is 366 g/mol. The van der Waals surface area contributed by atoms with Crippen molar-refractivity contribution in [2.24, 2.45) is 0 Å². The zero-order valence-electron chi connectivity index (χ0n) is 16.9. The van der Waals surface area contributed by atoms with Crippen LogP contribution < -0.4 is 19.7 Å². The first-order valence-electron chi connectivity index (χ1n) is 9.37. The van der Waals surface area contributed by atoms with Gasteiger partial charge < -0.3 is 14.8 Å². The van der Waals surface area contributed by atoms with Gasteiger partial charge in [0.2, 0.25) is 0 Å². The lowest BCUT2D eigenvalue weighted by molar-refractivity contribution is 0.0992. The predicted molar refractivity (Wildman–Crippen MR) is 113 cm³/mol. The fourth-order valence-electron chi connectivity index (χ4n) is 3.77. The van der Waals surface area contributed by atoms with Crippen molar-refractivity contribution in [1.29, 1.82) is 0 Å². The molecule has 0 unspecified atom stereocenters. The number of nitrogens with zero attached hydrogens (tertiary/aromatic N) is 2. The number of benzene rings is 2. The third kappa shape index (κ3) is 3.38. The van der Waals surface area contributed by atoms with Gasteiger partial charge in [0, 0.05) is 18.0 Å². The second-order valence-electron chi connectivity index (χ2n) is 7.07. The summed E-state index contributed by atoms with van der Waals surface area (Å²) in [7, 11) is 3.18. The van der Waals surface area contributed by atoms with Crippen LogP contribution in [0.3, 0.4) is 0 Å². The smallest absolute Gasteiger partial charge is 0.262 e. The summed E-state index contributed by atoms with van der Waals surface area (Å²) in [4.78, 5) is 19.5. The summed E-state index contributed by atoms with van der Waals surface area (Å²) in [5.41, 5.74) is 5.08. The molecule has 0 fully saturated rings. The molecule has 1 N–H and O–H groups in total. The minimum atomic E-state index is -0.471. The van der Waals surface area contributed by atoms with Gasteiger partial charge in [0.05, 0.1) is 31.2 Å². The number of fused-ring (bicyclic) bond motifs is 1. The summed E-state index contributed by atoms with van der Waals surface area (Å²) < 4.78 is 10.9. The van der Waals surface area contributed by atoms with E-state index < -0.39 is 6.17 Å². The Bertz CT molecular complexity index is 1060. The Morgan fingerprint density at radius 1 is 1.00 bits per heavy atom. The minimum Gasteiger partial charge on any atom is -0.497 e. The molecule has 1 aromatic heterocycles. The van der Waals surface area contributed by atoms with Crippen LogP contribution in [0.1, 0.15) is 33.3 Å². The van der Waals surface area contributed by atoms with Crippen LogP contribution in [0.5, 0.6) is 11.5 Å². The lowest BCUT2D eigenvalue weighted by atomic mass is 10.1. The number of aryl methyl sites for hydroxylation is 2. The van der Waals surface area contributed by atoms with Crippen LogP contribution in [0.15, 0.2) is 54.7 Å². The molecule has 0 spiro atoms. The van der Waals surface area contributed by atoms with Crippen molar-refractivity contribution < 1.29 is 14.3 Å².